The number of nitrogens with zero attached hydrogens (tertiary/aromatic N) is 5. The number of alkyl halides is 5. The predicted octanol–water partition coefficient (Wildman–Crippen LogP) is 4.62. The summed E-state index contributed by atoms with van der Waals surface area (Å²) in [6.45, 7) is -0.450. The maximum absolute atomic E-state index is 13.2. The van der Waals surface area contributed by atoms with Crippen LogP contribution < -0.4 is 10.3 Å². The Morgan fingerprint density at radius 3 is 2.61 bits per heavy atom. The first-order valence-corrected chi connectivity index (χ1v) is 10.1. The fourth-order valence-corrected chi connectivity index (χ4v) is 3.81. The van der Waals surface area contributed by atoms with Gasteiger partial charge in [0.1, 0.15) is 11.4 Å². The maximum atomic E-state index is 13.2. The number of rotatable bonds is 6. The lowest BCUT2D eigenvalue weighted by Gasteiger charge is -2.22. The lowest BCUT2D eigenvalue weighted by atomic mass is 9.84. The first kappa shape index (κ1) is 22.8. The third-order valence-corrected chi connectivity index (χ3v) is 5.27. The summed E-state index contributed by atoms with van der Waals surface area (Å²) < 4.78 is 74.0. The van der Waals surface area contributed by atoms with Crippen LogP contribution in [0.4, 0.5) is 22.0 Å². The first-order valence-electron chi connectivity index (χ1n) is 10.1. The summed E-state index contributed by atoms with van der Waals surface area (Å²) in [4.78, 5) is 17.1. The molecule has 0 saturated heterocycles. The van der Waals surface area contributed by atoms with Crippen LogP contribution in [0.1, 0.15) is 61.6 Å². The van der Waals surface area contributed by atoms with Gasteiger partial charge in [-0.1, -0.05) is 19.3 Å². The van der Waals surface area contributed by atoms with Gasteiger partial charge in [0.15, 0.2) is 5.75 Å². The van der Waals surface area contributed by atoms with Crippen LogP contribution in [0.5, 0.6) is 5.75 Å². The molecule has 33 heavy (non-hydrogen) atoms. The number of halogens is 5. The SMILES string of the molecule is O=c1c(C2CCCCC2)cc(-c2nnc(C(F)F)o2)nn1Cc1ncccc1OC(F)(F)F. The van der Waals surface area contributed by atoms with Crippen LogP contribution in [0, 0.1) is 0 Å². The first-order chi connectivity index (χ1) is 15.7. The zero-order valence-electron chi connectivity index (χ0n) is 17.1. The Morgan fingerprint density at radius 1 is 1.18 bits per heavy atom. The van der Waals surface area contributed by atoms with Gasteiger partial charge in [-0.2, -0.15) is 13.9 Å². The van der Waals surface area contributed by atoms with Crippen LogP contribution in [-0.4, -0.2) is 31.3 Å². The Balaban J connectivity index is 1.78. The second kappa shape index (κ2) is 9.24. The van der Waals surface area contributed by atoms with Crippen molar-refractivity contribution in [1.29, 1.82) is 0 Å². The normalized spacial score (nSPS) is 15.2. The van der Waals surface area contributed by atoms with Crippen molar-refractivity contribution in [3.8, 4) is 17.3 Å². The molecule has 1 saturated carbocycles. The van der Waals surface area contributed by atoms with Gasteiger partial charge >= 0.3 is 12.8 Å². The summed E-state index contributed by atoms with van der Waals surface area (Å²) in [5.74, 6) is -1.94. The molecule has 0 N–H and O–H groups in total. The topological polar surface area (TPSA) is 95.9 Å². The van der Waals surface area contributed by atoms with Gasteiger partial charge in [-0.05, 0) is 37.0 Å². The minimum atomic E-state index is -4.96. The Kier molecular flexibility index (Phi) is 6.38. The average molecular weight is 471 g/mol. The van der Waals surface area contributed by atoms with E-state index in [1.54, 1.807) is 0 Å². The van der Waals surface area contributed by atoms with Crippen molar-refractivity contribution in [2.45, 2.75) is 57.4 Å². The monoisotopic (exact) mass is 471 g/mol. The van der Waals surface area contributed by atoms with Crippen LogP contribution in [0.15, 0.2) is 33.6 Å². The Morgan fingerprint density at radius 2 is 1.94 bits per heavy atom. The number of hydrogen-bond acceptors (Lipinski definition) is 7. The van der Waals surface area contributed by atoms with Gasteiger partial charge in [0.2, 0.25) is 0 Å². The highest BCUT2D eigenvalue weighted by molar-refractivity contribution is 5.47. The van der Waals surface area contributed by atoms with E-state index in [4.69, 9.17) is 4.42 Å². The quantitative estimate of drug-likeness (QED) is 0.484. The molecule has 0 unspecified atom stereocenters. The molecular formula is C20H18F5N5O3. The van der Waals surface area contributed by atoms with Crippen LogP contribution in [-0.2, 0) is 6.54 Å². The maximum Gasteiger partial charge on any atom is 0.573 e. The molecule has 0 atom stereocenters. The molecule has 1 aliphatic carbocycles. The molecule has 176 valence electrons. The van der Waals surface area contributed by atoms with E-state index in [-0.39, 0.29) is 23.2 Å². The smallest absolute Gasteiger partial charge is 0.413 e. The van der Waals surface area contributed by atoms with Crippen molar-refractivity contribution < 1.29 is 31.1 Å². The Hall–Kier alpha value is -3.38. The minimum Gasteiger partial charge on any atom is -0.413 e. The predicted molar refractivity (Wildman–Crippen MR) is 103 cm³/mol. The van der Waals surface area contributed by atoms with Crippen LogP contribution in [0.2, 0.25) is 0 Å². The van der Waals surface area contributed by atoms with Crippen LogP contribution in [0.25, 0.3) is 11.6 Å². The summed E-state index contributed by atoms with van der Waals surface area (Å²) in [6, 6.07) is 3.75. The van der Waals surface area contributed by atoms with Crippen LogP contribution >= 0.6 is 0 Å². The molecule has 0 spiro atoms. The summed E-state index contributed by atoms with van der Waals surface area (Å²) in [6.07, 6.45) is -2.40. The van der Waals surface area contributed by atoms with Crippen molar-refractivity contribution in [3.05, 3.63) is 51.9 Å². The second-order valence-electron chi connectivity index (χ2n) is 7.52. The highest BCUT2D eigenvalue weighted by atomic mass is 19.4. The van der Waals surface area contributed by atoms with Gasteiger partial charge in [-0.3, -0.25) is 9.78 Å². The molecule has 3 heterocycles. The van der Waals surface area contributed by atoms with Gasteiger partial charge in [0.05, 0.1) is 6.54 Å². The fraction of sp³-hybridized carbons (Fsp3) is 0.450. The number of ether oxygens (including phenoxy) is 1. The average Bonchev–Trinajstić information content (AvgIpc) is 3.27. The molecule has 3 aromatic rings. The van der Waals surface area contributed by atoms with E-state index in [0.29, 0.717) is 5.56 Å². The summed E-state index contributed by atoms with van der Waals surface area (Å²) in [7, 11) is 0. The minimum absolute atomic E-state index is 0.0382. The Bertz CT molecular complexity index is 1170. The number of hydrogen-bond donors (Lipinski definition) is 0. The van der Waals surface area contributed by atoms with Crippen molar-refractivity contribution in [2.75, 3.05) is 0 Å². The van der Waals surface area contributed by atoms with Crippen molar-refractivity contribution in [3.63, 3.8) is 0 Å². The van der Waals surface area contributed by atoms with Crippen molar-refractivity contribution in [1.82, 2.24) is 25.0 Å². The van der Waals surface area contributed by atoms with Gasteiger partial charge in [-0.15, -0.1) is 23.4 Å². The third kappa shape index (κ3) is 5.34. The number of pyridine rings is 1. The third-order valence-electron chi connectivity index (χ3n) is 5.27. The zero-order chi connectivity index (χ0) is 23.6. The summed E-state index contributed by atoms with van der Waals surface area (Å²) in [5.41, 5.74) is -0.396. The molecular weight excluding hydrogens is 453 g/mol. The molecule has 0 aromatic carbocycles. The summed E-state index contributed by atoms with van der Waals surface area (Å²) in [5, 5.41) is 10.9. The lowest BCUT2D eigenvalue weighted by molar-refractivity contribution is -0.275. The van der Waals surface area contributed by atoms with E-state index >= 15 is 0 Å². The van der Waals surface area contributed by atoms with E-state index < -0.39 is 36.5 Å². The van der Waals surface area contributed by atoms with E-state index in [0.717, 1.165) is 42.9 Å². The van der Waals surface area contributed by atoms with Crippen molar-refractivity contribution >= 4 is 0 Å². The van der Waals surface area contributed by atoms with Gasteiger partial charge in [0.25, 0.3) is 17.3 Å². The molecule has 4 rings (SSSR count). The summed E-state index contributed by atoms with van der Waals surface area (Å²) >= 11 is 0. The largest absolute Gasteiger partial charge is 0.573 e. The number of aromatic nitrogens is 5. The molecule has 0 amide bonds. The van der Waals surface area contributed by atoms with E-state index in [1.165, 1.54) is 18.3 Å². The molecule has 1 fully saturated rings. The molecule has 0 bridgehead atoms. The van der Waals surface area contributed by atoms with E-state index in [1.807, 2.05) is 0 Å². The second-order valence-corrected chi connectivity index (χ2v) is 7.52. The van der Waals surface area contributed by atoms with Gasteiger partial charge in [0, 0.05) is 11.8 Å². The van der Waals surface area contributed by atoms with Gasteiger partial charge in [-0.25, -0.2) is 4.68 Å². The van der Waals surface area contributed by atoms with Crippen molar-refractivity contribution in [2.24, 2.45) is 0 Å². The molecule has 8 nitrogen and oxygen atoms in total. The highest BCUT2D eigenvalue weighted by Gasteiger charge is 2.32. The molecule has 13 heteroatoms. The van der Waals surface area contributed by atoms with E-state index in [9.17, 15) is 26.7 Å². The highest BCUT2D eigenvalue weighted by Crippen LogP contribution is 2.33. The molecule has 0 aliphatic heterocycles. The zero-order valence-corrected chi connectivity index (χ0v) is 17.1. The fourth-order valence-electron chi connectivity index (χ4n) is 3.81. The lowest BCUT2D eigenvalue weighted by Crippen LogP contribution is -2.30. The van der Waals surface area contributed by atoms with E-state index in [2.05, 4.69) is 25.0 Å². The molecule has 3 aromatic heterocycles. The molecule has 1 aliphatic rings. The molecule has 0 radical (unpaired) electrons. The standard InChI is InChI=1S/C20H18F5N5O3/c21-16(22)18-28-27-17(32-18)13-9-12(11-5-2-1-3-6-11)19(31)30(29-13)10-14-15(7-4-8-26-14)33-20(23,24)25/h4,7-9,11,16H,1-3,5-6,10H2. The Labute approximate surface area is 183 Å². The van der Waals surface area contributed by atoms with Gasteiger partial charge < -0.3 is 9.15 Å². The van der Waals surface area contributed by atoms with Crippen LogP contribution in [0.3, 0.4) is 0 Å².